The maximum atomic E-state index is 13.3. The number of nitrogens with zero attached hydrogens (tertiary/aromatic N) is 4. The molecule has 1 amide bonds. The molecule has 2 N–H and O–H groups in total. The normalized spacial score (nSPS) is 12.0. The fourth-order valence-corrected chi connectivity index (χ4v) is 4.22. The molecule has 0 spiro atoms. The third kappa shape index (κ3) is 4.56. The van der Waals surface area contributed by atoms with Gasteiger partial charge in [-0.25, -0.2) is 4.39 Å². The lowest BCUT2D eigenvalue weighted by molar-refractivity contribution is -0.117. The second-order valence-corrected chi connectivity index (χ2v) is 8.31. The number of thioether (sulfide) groups is 1. The van der Waals surface area contributed by atoms with Crippen LogP contribution in [0.4, 0.5) is 4.39 Å². The molecule has 0 fully saturated rings. The second kappa shape index (κ2) is 9.05. The summed E-state index contributed by atoms with van der Waals surface area (Å²) in [5, 5.41) is 8.95. The molecule has 0 saturated heterocycles. The van der Waals surface area contributed by atoms with Crippen LogP contribution in [0, 0.1) is 5.82 Å². The van der Waals surface area contributed by atoms with Gasteiger partial charge in [0.1, 0.15) is 11.1 Å². The van der Waals surface area contributed by atoms with Crippen molar-refractivity contribution in [2.24, 2.45) is 5.73 Å². The second-order valence-electron chi connectivity index (χ2n) is 6.43. The standard InChI is InChI=1S/C21H14Cl2FN5OS/c22-16-6-5-15(11-17(16)23)29-20(13-7-9-26-10-8-13)27-28-21(29)31-18(19(25)30)12-1-3-14(24)4-2-12/h1-11,18H,(H2,25,30). The zero-order valence-corrected chi connectivity index (χ0v) is 18.1. The Balaban J connectivity index is 1.83. The van der Waals surface area contributed by atoms with Crippen LogP contribution in [0.2, 0.25) is 10.0 Å². The minimum absolute atomic E-state index is 0.356. The van der Waals surface area contributed by atoms with Gasteiger partial charge >= 0.3 is 0 Å². The van der Waals surface area contributed by atoms with Crippen molar-refractivity contribution in [3.05, 3.63) is 88.4 Å². The van der Waals surface area contributed by atoms with E-state index in [-0.39, 0.29) is 0 Å². The van der Waals surface area contributed by atoms with Crippen LogP contribution in [0.3, 0.4) is 0 Å². The number of hydrogen-bond acceptors (Lipinski definition) is 5. The summed E-state index contributed by atoms with van der Waals surface area (Å²) < 4.78 is 15.1. The lowest BCUT2D eigenvalue weighted by atomic mass is 10.1. The smallest absolute Gasteiger partial charge is 0.235 e. The molecule has 1 unspecified atom stereocenters. The Morgan fingerprint density at radius 2 is 1.71 bits per heavy atom. The molecular formula is C21H14Cl2FN5OS. The Morgan fingerprint density at radius 3 is 2.35 bits per heavy atom. The summed E-state index contributed by atoms with van der Waals surface area (Å²) in [6, 6.07) is 14.3. The van der Waals surface area contributed by atoms with Gasteiger partial charge in [-0.1, -0.05) is 47.1 Å². The van der Waals surface area contributed by atoms with E-state index in [0.29, 0.717) is 32.3 Å². The number of pyridine rings is 1. The quantitative estimate of drug-likeness (QED) is 0.393. The number of amides is 1. The van der Waals surface area contributed by atoms with E-state index in [1.165, 1.54) is 24.3 Å². The summed E-state index contributed by atoms with van der Waals surface area (Å²) in [4.78, 5) is 16.2. The molecule has 0 saturated carbocycles. The van der Waals surface area contributed by atoms with Crippen LogP contribution in [-0.4, -0.2) is 25.7 Å². The maximum absolute atomic E-state index is 13.3. The monoisotopic (exact) mass is 473 g/mol. The zero-order chi connectivity index (χ0) is 22.0. The van der Waals surface area contributed by atoms with Crippen LogP contribution in [-0.2, 0) is 4.79 Å². The average Bonchev–Trinajstić information content (AvgIpc) is 3.19. The fourth-order valence-electron chi connectivity index (χ4n) is 2.92. The molecule has 2 heterocycles. The number of halogens is 3. The van der Waals surface area contributed by atoms with Gasteiger partial charge < -0.3 is 5.73 Å². The zero-order valence-electron chi connectivity index (χ0n) is 15.7. The predicted molar refractivity (Wildman–Crippen MR) is 119 cm³/mol. The van der Waals surface area contributed by atoms with Crippen molar-refractivity contribution < 1.29 is 9.18 Å². The van der Waals surface area contributed by atoms with Crippen molar-refractivity contribution in [1.82, 2.24) is 19.7 Å². The molecule has 0 radical (unpaired) electrons. The molecular weight excluding hydrogens is 460 g/mol. The van der Waals surface area contributed by atoms with Crippen molar-refractivity contribution in [1.29, 1.82) is 0 Å². The lowest BCUT2D eigenvalue weighted by Gasteiger charge is -2.15. The van der Waals surface area contributed by atoms with Crippen LogP contribution in [0.1, 0.15) is 10.8 Å². The summed E-state index contributed by atoms with van der Waals surface area (Å²) in [7, 11) is 0. The van der Waals surface area contributed by atoms with E-state index < -0.39 is 17.0 Å². The van der Waals surface area contributed by atoms with Crippen LogP contribution >= 0.6 is 35.0 Å². The number of nitrogens with two attached hydrogens (primary N) is 1. The van der Waals surface area contributed by atoms with E-state index in [1.807, 2.05) is 0 Å². The van der Waals surface area contributed by atoms with Gasteiger partial charge in [0.15, 0.2) is 11.0 Å². The first-order valence-electron chi connectivity index (χ1n) is 8.96. The highest BCUT2D eigenvalue weighted by Crippen LogP contribution is 2.38. The summed E-state index contributed by atoms with van der Waals surface area (Å²) in [6.45, 7) is 0. The number of aromatic nitrogens is 4. The van der Waals surface area contributed by atoms with Gasteiger partial charge in [0.2, 0.25) is 5.91 Å². The van der Waals surface area contributed by atoms with Crippen molar-refractivity contribution in [3.63, 3.8) is 0 Å². The molecule has 2 aromatic carbocycles. The van der Waals surface area contributed by atoms with Crippen LogP contribution in [0.5, 0.6) is 0 Å². The fraction of sp³-hybridized carbons (Fsp3) is 0.0476. The Kier molecular flexibility index (Phi) is 6.22. The third-order valence-electron chi connectivity index (χ3n) is 4.39. The minimum Gasteiger partial charge on any atom is -0.368 e. The third-order valence-corrected chi connectivity index (χ3v) is 6.34. The molecule has 156 valence electrons. The Morgan fingerprint density at radius 1 is 1.00 bits per heavy atom. The van der Waals surface area contributed by atoms with Gasteiger partial charge in [-0.3, -0.25) is 14.3 Å². The van der Waals surface area contributed by atoms with Gasteiger partial charge in [0.25, 0.3) is 0 Å². The summed E-state index contributed by atoms with van der Waals surface area (Å²) in [5.74, 6) is -0.479. The van der Waals surface area contributed by atoms with Crippen LogP contribution in [0.15, 0.2) is 72.1 Å². The maximum Gasteiger partial charge on any atom is 0.235 e. The van der Waals surface area contributed by atoms with Gasteiger partial charge in [0, 0.05) is 18.0 Å². The van der Waals surface area contributed by atoms with Gasteiger partial charge in [-0.05, 0) is 48.0 Å². The summed E-state index contributed by atoms with van der Waals surface area (Å²) in [5.41, 5.74) is 7.61. The largest absolute Gasteiger partial charge is 0.368 e. The van der Waals surface area contributed by atoms with E-state index in [2.05, 4.69) is 15.2 Å². The minimum atomic E-state index is -0.809. The Labute approximate surface area is 191 Å². The Bertz CT molecular complexity index is 1230. The highest BCUT2D eigenvalue weighted by Gasteiger charge is 2.25. The molecule has 4 rings (SSSR count). The molecule has 2 aromatic heterocycles. The average molecular weight is 474 g/mol. The molecule has 0 bridgehead atoms. The summed E-state index contributed by atoms with van der Waals surface area (Å²) in [6.07, 6.45) is 3.28. The molecule has 0 aliphatic heterocycles. The topological polar surface area (TPSA) is 86.7 Å². The van der Waals surface area contributed by atoms with E-state index in [4.69, 9.17) is 28.9 Å². The Hall–Kier alpha value is -2.94. The molecule has 31 heavy (non-hydrogen) atoms. The van der Waals surface area contributed by atoms with E-state index in [9.17, 15) is 9.18 Å². The first-order valence-corrected chi connectivity index (χ1v) is 10.6. The van der Waals surface area contributed by atoms with Crippen LogP contribution in [0.25, 0.3) is 17.1 Å². The van der Waals surface area contributed by atoms with Crippen molar-refractivity contribution >= 4 is 40.9 Å². The summed E-state index contributed by atoms with van der Waals surface area (Å²) >= 11 is 13.4. The van der Waals surface area contributed by atoms with E-state index >= 15 is 0 Å². The van der Waals surface area contributed by atoms with Crippen LogP contribution < -0.4 is 5.73 Å². The van der Waals surface area contributed by atoms with Crippen molar-refractivity contribution in [2.75, 3.05) is 0 Å². The number of hydrogen-bond donors (Lipinski definition) is 1. The predicted octanol–water partition coefficient (Wildman–Crippen LogP) is 5.09. The molecule has 1 atom stereocenters. The molecule has 0 aliphatic rings. The highest BCUT2D eigenvalue weighted by atomic mass is 35.5. The van der Waals surface area contributed by atoms with E-state index in [1.54, 1.807) is 47.3 Å². The highest BCUT2D eigenvalue weighted by molar-refractivity contribution is 8.00. The lowest BCUT2D eigenvalue weighted by Crippen LogP contribution is -2.19. The molecule has 6 nitrogen and oxygen atoms in total. The number of rotatable bonds is 6. The van der Waals surface area contributed by atoms with Gasteiger partial charge in [-0.15, -0.1) is 10.2 Å². The van der Waals surface area contributed by atoms with E-state index in [0.717, 1.165) is 17.3 Å². The number of primary amides is 1. The molecule has 0 aliphatic carbocycles. The van der Waals surface area contributed by atoms with Crippen molar-refractivity contribution in [2.45, 2.75) is 10.4 Å². The van der Waals surface area contributed by atoms with Gasteiger partial charge in [0.05, 0.1) is 15.7 Å². The number of carbonyl (C=O) groups is 1. The first kappa shape index (κ1) is 21.3. The molecule has 4 aromatic rings. The first-order chi connectivity index (χ1) is 14.9. The van der Waals surface area contributed by atoms with Crippen molar-refractivity contribution in [3.8, 4) is 17.1 Å². The SMILES string of the molecule is NC(=O)C(Sc1nnc(-c2ccncc2)n1-c1ccc(Cl)c(Cl)c1)c1ccc(F)cc1. The number of carbonyl (C=O) groups excluding carboxylic acids is 1. The molecule has 10 heteroatoms. The number of benzene rings is 2. The van der Waals surface area contributed by atoms with Gasteiger partial charge in [-0.2, -0.15) is 0 Å².